The minimum absolute atomic E-state index is 0.148. The number of rotatable bonds is 6. The predicted molar refractivity (Wildman–Crippen MR) is 88.0 cm³/mol. The van der Waals surface area contributed by atoms with E-state index in [-0.39, 0.29) is 11.4 Å². The van der Waals surface area contributed by atoms with Crippen molar-refractivity contribution in [1.29, 1.82) is 0 Å². The fourth-order valence-corrected chi connectivity index (χ4v) is 1.89. The average Bonchev–Trinajstić information content (AvgIpc) is 2.61. The van der Waals surface area contributed by atoms with Gasteiger partial charge < -0.3 is 4.74 Å². The SMILES string of the molecule is CCC/C=C/c1ccc(/C(F)=C(/F)c2ncc(OC)cn2)cc1. The van der Waals surface area contributed by atoms with Crippen molar-refractivity contribution in [3.05, 3.63) is 59.7 Å². The molecule has 0 aliphatic heterocycles. The molecule has 0 fully saturated rings. The average molecular weight is 316 g/mol. The molecule has 2 aromatic rings. The van der Waals surface area contributed by atoms with Crippen molar-refractivity contribution in [2.75, 3.05) is 7.11 Å². The van der Waals surface area contributed by atoms with Crippen LogP contribution in [0.3, 0.4) is 0 Å². The number of methoxy groups -OCH3 is 1. The van der Waals surface area contributed by atoms with Crippen LogP contribution in [0.5, 0.6) is 5.75 Å². The number of halogens is 2. The molecule has 0 radical (unpaired) electrons. The van der Waals surface area contributed by atoms with Gasteiger partial charge in [-0.2, -0.15) is 4.39 Å². The van der Waals surface area contributed by atoms with E-state index >= 15 is 0 Å². The summed E-state index contributed by atoms with van der Waals surface area (Å²) in [4.78, 5) is 7.49. The molecule has 0 N–H and O–H groups in total. The fourth-order valence-electron chi connectivity index (χ4n) is 1.89. The Bertz CT molecular complexity index is 692. The summed E-state index contributed by atoms with van der Waals surface area (Å²) in [6.07, 6.45) is 8.64. The number of hydrogen-bond donors (Lipinski definition) is 0. The van der Waals surface area contributed by atoms with Crippen molar-refractivity contribution in [2.45, 2.75) is 19.8 Å². The Labute approximate surface area is 134 Å². The second kappa shape index (κ2) is 8.17. The molecule has 0 amide bonds. The molecule has 0 aliphatic rings. The molecule has 0 atom stereocenters. The molecule has 2 rings (SSSR count). The Morgan fingerprint density at radius 1 is 1.09 bits per heavy atom. The van der Waals surface area contributed by atoms with Crippen LogP contribution >= 0.6 is 0 Å². The van der Waals surface area contributed by atoms with E-state index < -0.39 is 11.7 Å². The van der Waals surface area contributed by atoms with Gasteiger partial charge in [-0.15, -0.1) is 0 Å². The molecule has 0 bridgehead atoms. The standard InChI is InChI=1S/C18H18F2N2O/c1-3-4-5-6-13-7-9-14(10-8-13)16(19)17(20)18-21-11-15(23-2)12-22-18/h5-12H,3-4H2,1-2H3/b6-5+,17-16-. The molecule has 23 heavy (non-hydrogen) atoms. The van der Waals surface area contributed by atoms with Crippen LogP contribution in [-0.4, -0.2) is 17.1 Å². The van der Waals surface area contributed by atoms with Crippen molar-refractivity contribution in [3.8, 4) is 5.75 Å². The van der Waals surface area contributed by atoms with Gasteiger partial charge in [-0.05, 0) is 12.0 Å². The molecule has 0 spiro atoms. The Kier molecular flexibility index (Phi) is 5.97. The van der Waals surface area contributed by atoms with Crippen LogP contribution in [0.25, 0.3) is 17.7 Å². The van der Waals surface area contributed by atoms with Gasteiger partial charge in [0.2, 0.25) is 5.83 Å². The zero-order valence-corrected chi connectivity index (χ0v) is 13.1. The Morgan fingerprint density at radius 3 is 2.30 bits per heavy atom. The first-order chi connectivity index (χ1) is 11.2. The summed E-state index contributed by atoms with van der Waals surface area (Å²) >= 11 is 0. The highest BCUT2D eigenvalue weighted by atomic mass is 19.2. The van der Waals surface area contributed by atoms with E-state index in [1.807, 2.05) is 12.2 Å². The number of nitrogens with zero attached hydrogens (tertiary/aromatic N) is 2. The van der Waals surface area contributed by atoms with E-state index in [1.54, 1.807) is 12.1 Å². The van der Waals surface area contributed by atoms with Crippen LogP contribution in [0, 0.1) is 0 Å². The summed E-state index contributed by atoms with van der Waals surface area (Å²) in [5, 5.41) is 0. The number of unbranched alkanes of at least 4 members (excludes halogenated alkanes) is 1. The van der Waals surface area contributed by atoms with Crippen molar-refractivity contribution >= 4 is 17.7 Å². The smallest absolute Gasteiger partial charge is 0.203 e. The molecule has 1 heterocycles. The van der Waals surface area contributed by atoms with E-state index in [2.05, 4.69) is 16.9 Å². The van der Waals surface area contributed by atoms with Gasteiger partial charge in [0.25, 0.3) is 0 Å². The van der Waals surface area contributed by atoms with Crippen LogP contribution in [0.4, 0.5) is 8.78 Å². The molecule has 1 aromatic heterocycles. The van der Waals surface area contributed by atoms with Crippen molar-refractivity contribution < 1.29 is 13.5 Å². The van der Waals surface area contributed by atoms with Gasteiger partial charge in [-0.3, -0.25) is 0 Å². The van der Waals surface area contributed by atoms with Gasteiger partial charge in [0.1, 0.15) is 0 Å². The van der Waals surface area contributed by atoms with Crippen molar-refractivity contribution in [2.24, 2.45) is 0 Å². The number of allylic oxidation sites excluding steroid dienone is 1. The lowest BCUT2D eigenvalue weighted by atomic mass is 10.1. The van der Waals surface area contributed by atoms with Crippen LogP contribution in [0.1, 0.15) is 36.7 Å². The molecule has 0 saturated carbocycles. The lowest BCUT2D eigenvalue weighted by Gasteiger charge is -2.03. The summed E-state index contributed by atoms with van der Waals surface area (Å²) in [6.45, 7) is 2.09. The van der Waals surface area contributed by atoms with Crippen LogP contribution in [0.15, 0.2) is 42.7 Å². The molecule has 0 unspecified atom stereocenters. The third kappa shape index (κ3) is 4.45. The van der Waals surface area contributed by atoms with E-state index in [0.29, 0.717) is 5.75 Å². The Balaban J connectivity index is 2.21. The van der Waals surface area contributed by atoms with E-state index in [0.717, 1.165) is 18.4 Å². The van der Waals surface area contributed by atoms with Gasteiger partial charge in [0.15, 0.2) is 17.4 Å². The maximum atomic E-state index is 14.2. The topological polar surface area (TPSA) is 35.0 Å². The molecular formula is C18H18F2N2O. The summed E-state index contributed by atoms with van der Waals surface area (Å²) in [7, 11) is 1.45. The van der Waals surface area contributed by atoms with Crippen molar-refractivity contribution in [1.82, 2.24) is 9.97 Å². The normalized spacial score (nSPS) is 12.3. The van der Waals surface area contributed by atoms with Crippen LogP contribution in [-0.2, 0) is 0 Å². The lowest BCUT2D eigenvalue weighted by Crippen LogP contribution is -1.94. The quantitative estimate of drug-likeness (QED) is 0.747. The molecule has 120 valence electrons. The minimum atomic E-state index is -1.10. The molecule has 1 aromatic carbocycles. The summed E-state index contributed by atoms with van der Waals surface area (Å²) in [6, 6.07) is 6.54. The summed E-state index contributed by atoms with van der Waals surface area (Å²) in [5.74, 6) is -2.01. The number of benzene rings is 1. The number of aromatic nitrogens is 2. The minimum Gasteiger partial charge on any atom is -0.494 e. The number of hydrogen-bond acceptors (Lipinski definition) is 3. The zero-order chi connectivity index (χ0) is 16.7. The molecule has 0 saturated heterocycles. The van der Waals surface area contributed by atoms with E-state index in [1.165, 1.54) is 31.6 Å². The zero-order valence-electron chi connectivity index (χ0n) is 13.1. The van der Waals surface area contributed by atoms with Gasteiger partial charge in [-0.1, -0.05) is 49.8 Å². The van der Waals surface area contributed by atoms with Gasteiger partial charge in [0.05, 0.1) is 19.5 Å². The van der Waals surface area contributed by atoms with Gasteiger partial charge in [-0.25, -0.2) is 14.4 Å². The highest BCUT2D eigenvalue weighted by molar-refractivity contribution is 5.81. The lowest BCUT2D eigenvalue weighted by molar-refractivity contribution is 0.410. The van der Waals surface area contributed by atoms with Gasteiger partial charge in [0, 0.05) is 5.56 Å². The largest absolute Gasteiger partial charge is 0.494 e. The van der Waals surface area contributed by atoms with Crippen molar-refractivity contribution in [3.63, 3.8) is 0 Å². The van der Waals surface area contributed by atoms with E-state index in [4.69, 9.17) is 4.74 Å². The molecule has 0 aliphatic carbocycles. The fraction of sp³-hybridized carbons (Fsp3) is 0.222. The second-order valence-corrected chi connectivity index (χ2v) is 4.89. The Morgan fingerprint density at radius 2 is 1.74 bits per heavy atom. The molecule has 5 heteroatoms. The van der Waals surface area contributed by atoms with Crippen LogP contribution < -0.4 is 4.74 Å². The van der Waals surface area contributed by atoms with Crippen LogP contribution in [0.2, 0.25) is 0 Å². The molecule has 3 nitrogen and oxygen atoms in total. The van der Waals surface area contributed by atoms with Gasteiger partial charge >= 0.3 is 0 Å². The second-order valence-electron chi connectivity index (χ2n) is 4.89. The number of ether oxygens (including phenoxy) is 1. The first kappa shape index (κ1) is 16.8. The highest BCUT2D eigenvalue weighted by Crippen LogP contribution is 2.27. The highest BCUT2D eigenvalue weighted by Gasteiger charge is 2.14. The predicted octanol–water partition coefficient (Wildman–Crippen LogP) is 5.06. The third-order valence-corrected chi connectivity index (χ3v) is 3.18. The maximum absolute atomic E-state index is 14.2. The first-order valence-corrected chi connectivity index (χ1v) is 7.34. The maximum Gasteiger partial charge on any atom is 0.203 e. The summed E-state index contributed by atoms with van der Waals surface area (Å²) in [5.41, 5.74) is 1.09. The first-order valence-electron chi connectivity index (χ1n) is 7.34. The summed E-state index contributed by atoms with van der Waals surface area (Å²) < 4.78 is 33.2. The monoisotopic (exact) mass is 316 g/mol. The Hall–Kier alpha value is -2.56. The van der Waals surface area contributed by atoms with E-state index in [9.17, 15) is 8.78 Å². The third-order valence-electron chi connectivity index (χ3n) is 3.18. The molecular weight excluding hydrogens is 298 g/mol.